The second kappa shape index (κ2) is 9.01. The van der Waals surface area contributed by atoms with Crippen molar-refractivity contribution in [2.24, 2.45) is 11.7 Å². The van der Waals surface area contributed by atoms with Crippen LogP contribution in [0.2, 0.25) is 11.3 Å². The molecule has 6 nitrogen and oxygen atoms in total. The molecule has 25 heavy (non-hydrogen) atoms. The van der Waals surface area contributed by atoms with E-state index in [-0.39, 0.29) is 18.3 Å². The summed E-state index contributed by atoms with van der Waals surface area (Å²) in [5.74, 6) is -1.04. The van der Waals surface area contributed by atoms with Crippen molar-refractivity contribution in [1.29, 1.82) is 0 Å². The number of carboxylic acids is 1. The summed E-state index contributed by atoms with van der Waals surface area (Å²) in [6.07, 6.45) is 3.18. The molecule has 0 heterocycles. The molecule has 138 valence electrons. The Hall–Kier alpha value is -1.12. The lowest BCUT2D eigenvalue weighted by Gasteiger charge is -2.45. The summed E-state index contributed by atoms with van der Waals surface area (Å²) in [6.45, 7) is 0.716. The fourth-order valence-electron chi connectivity index (χ4n) is 3.30. The Morgan fingerprint density at radius 3 is 2.48 bits per heavy atom. The smallest absolute Gasteiger partial charge is 0.451 e. The van der Waals surface area contributed by atoms with Crippen LogP contribution in [0.4, 0.5) is 0 Å². The Kier molecular flexibility index (Phi) is 7.28. The highest BCUT2D eigenvalue weighted by molar-refractivity contribution is 6.40. The number of aliphatic carboxylic acids is 1. The Balaban J connectivity index is 1.76. The van der Waals surface area contributed by atoms with E-state index < -0.39 is 18.6 Å². The van der Waals surface area contributed by atoms with Crippen LogP contribution in [0.3, 0.4) is 0 Å². The summed E-state index contributed by atoms with van der Waals surface area (Å²) in [6, 6.07) is 7.89. The third-order valence-corrected chi connectivity index (χ3v) is 5.33. The molecule has 6 N–H and O–H groups in total. The van der Waals surface area contributed by atoms with E-state index >= 15 is 0 Å². The number of nitrogens with one attached hydrogen (secondary N) is 1. The molecule has 0 saturated heterocycles. The zero-order chi connectivity index (χ0) is 18.4. The number of rotatable bonds is 10. The van der Waals surface area contributed by atoms with Gasteiger partial charge >= 0.3 is 13.1 Å². The third-order valence-electron chi connectivity index (χ3n) is 5.08. The van der Waals surface area contributed by atoms with Crippen LogP contribution in [0.15, 0.2) is 24.3 Å². The highest BCUT2D eigenvalue weighted by atomic mass is 35.5. The molecule has 0 amide bonds. The van der Waals surface area contributed by atoms with Gasteiger partial charge in [0.05, 0.1) is 0 Å². The van der Waals surface area contributed by atoms with Crippen molar-refractivity contribution in [3.63, 3.8) is 0 Å². The molecule has 0 aliphatic heterocycles. The van der Waals surface area contributed by atoms with Gasteiger partial charge in [-0.3, -0.25) is 4.79 Å². The molecule has 0 spiro atoms. The lowest BCUT2D eigenvalue weighted by atomic mass is 9.66. The van der Waals surface area contributed by atoms with Crippen molar-refractivity contribution in [2.75, 3.05) is 0 Å². The van der Waals surface area contributed by atoms with Crippen molar-refractivity contribution in [1.82, 2.24) is 5.32 Å². The van der Waals surface area contributed by atoms with Gasteiger partial charge in [0, 0.05) is 17.6 Å². The summed E-state index contributed by atoms with van der Waals surface area (Å²) in [5, 5.41) is 31.4. The third kappa shape index (κ3) is 5.69. The van der Waals surface area contributed by atoms with E-state index in [1.807, 2.05) is 24.3 Å². The number of unbranched alkanes of at least 4 members (excludes halogenated alkanes) is 1. The number of hydrogen-bond donors (Lipinski definition) is 5. The Labute approximate surface area is 153 Å². The lowest BCUT2D eigenvalue weighted by Crippen LogP contribution is -2.61. The van der Waals surface area contributed by atoms with Crippen LogP contribution in [0.5, 0.6) is 0 Å². The van der Waals surface area contributed by atoms with Gasteiger partial charge in [-0.05, 0) is 49.2 Å². The number of halogens is 1. The predicted molar refractivity (Wildman–Crippen MR) is 98.2 cm³/mol. The fourth-order valence-corrected chi connectivity index (χ4v) is 3.43. The normalized spacial score (nSPS) is 22.1. The molecule has 1 fully saturated rings. The summed E-state index contributed by atoms with van der Waals surface area (Å²) in [4.78, 5) is 11.6. The quantitative estimate of drug-likeness (QED) is 0.317. The second-order valence-electron chi connectivity index (χ2n) is 6.94. The first kappa shape index (κ1) is 20.2. The molecule has 1 saturated carbocycles. The highest BCUT2D eigenvalue weighted by Crippen LogP contribution is 2.38. The maximum atomic E-state index is 11.6. The standard InChI is InChI=1S/C17H26BClN2O4/c19-14-5-3-12(4-6-14)11-21-15-9-13(10-15)17(20,16(22)23)7-1-2-8-18(24)25/h3-6,13,15,21,24-25H,1-2,7-11,20H2,(H,22,23). The number of benzene rings is 1. The van der Waals surface area contributed by atoms with Gasteiger partial charge in [0.2, 0.25) is 0 Å². The van der Waals surface area contributed by atoms with Gasteiger partial charge in [-0.2, -0.15) is 0 Å². The summed E-state index contributed by atoms with van der Waals surface area (Å²) in [7, 11) is -1.35. The summed E-state index contributed by atoms with van der Waals surface area (Å²) in [5.41, 5.74) is 6.08. The number of carbonyl (C=O) groups is 1. The Morgan fingerprint density at radius 2 is 1.92 bits per heavy atom. The van der Waals surface area contributed by atoms with Crippen molar-refractivity contribution in [2.45, 2.75) is 56.5 Å². The van der Waals surface area contributed by atoms with E-state index in [1.165, 1.54) is 0 Å². The molecule has 0 radical (unpaired) electrons. The predicted octanol–water partition coefficient (Wildman–Crippen LogP) is 1.63. The molecule has 1 aromatic rings. The van der Waals surface area contributed by atoms with Gasteiger partial charge < -0.3 is 26.2 Å². The van der Waals surface area contributed by atoms with Gasteiger partial charge in [-0.15, -0.1) is 0 Å². The average Bonchev–Trinajstić information content (AvgIpc) is 2.51. The maximum absolute atomic E-state index is 11.6. The van der Waals surface area contributed by atoms with E-state index in [9.17, 15) is 9.90 Å². The van der Waals surface area contributed by atoms with E-state index in [0.717, 1.165) is 18.4 Å². The van der Waals surface area contributed by atoms with Crippen LogP contribution in [-0.2, 0) is 11.3 Å². The lowest BCUT2D eigenvalue weighted by molar-refractivity contribution is -0.148. The highest BCUT2D eigenvalue weighted by Gasteiger charge is 2.47. The maximum Gasteiger partial charge on any atom is 0.451 e. The van der Waals surface area contributed by atoms with Crippen LogP contribution < -0.4 is 11.1 Å². The molecule has 2 rings (SSSR count). The number of hydrogen-bond acceptors (Lipinski definition) is 5. The Morgan fingerprint density at radius 1 is 1.28 bits per heavy atom. The zero-order valence-corrected chi connectivity index (χ0v) is 15.0. The minimum atomic E-state index is -1.35. The van der Waals surface area contributed by atoms with Gasteiger partial charge in [0.15, 0.2) is 0 Å². The van der Waals surface area contributed by atoms with Crippen LogP contribution >= 0.6 is 11.6 Å². The van der Waals surface area contributed by atoms with E-state index in [0.29, 0.717) is 30.8 Å². The number of nitrogens with two attached hydrogens (primary N) is 1. The summed E-state index contributed by atoms with van der Waals surface area (Å²) >= 11 is 5.86. The minimum Gasteiger partial charge on any atom is -0.480 e. The topological polar surface area (TPSA) is 116 Å². The molecule has 1 atom stereocenters. The van der Waals surface area contributed by atoms with Gasteiger partial charge in [-0.1, -0.05) is 36.6 Å². The van der Waals surface area contributed by atoms with Crippen molar-refractivity contribution in [3.8, 4) is 0 Å². The molecule has 1 unspecified atom stereocenters. The minimum absolute atomic E-state index is 0.0632. The van der Waals surface area contributed by atoms with Gasteiger partial charge in [-0.25, -0.2) is 0 Å². The molecular formula is C17H26BClN2O4. The van der Waals surface area contributed by atoms with E-state index in [4.69, 9.17) is 27.4 Å². The second-order valence-corrected chi connectivity index (χ2v) is 7.38. The first-order valence-electron chi connectivity index (χ1n) is 8.67. The molecule has 1 aromatic carbocycles. The molecule has 0 aromatic heterocycles. The molecule has 0 bridgehead atoms. The summed E-state index contributed by atoms with van der Waals surface area (Å²) < 4.78 is 0. The average molecular weight is 369 g/mol. The van der Waals surface area contributed by atoms with E-state index in [1.54, 1.807) is 0 Å². The molecule has 1 aliphatic rings. The SMILES string of the molecule is NC(CCCCB(O)O)(C(=O)O)C1CC(NCc2ccc(Cl)cc2)C1. The Bertz CT molecular complexity index is 566. The zero-order valence-electron chi connectivity index (χ0n) is 14.2. The molecular weight excluding hydrogens is 342 g/mol. The number of carboxylic acid groups (broad SMARTS) is 1. The first-order valence-corrected chi connectivity index (χ1v) is 9.05. The van der Waals surface area contributed by atoms with Crippen LogP contribution in [-0.4, -0.2) is 39.8 Å². The first-order chi connectivity index (χ1) is 11.8. The van der Waals surface area contributed by atoms with Gasteiger partial charge in [0.1, 0.15) is 5.54 Å². The van der Waals surface area contributed by atoms with Gasteiger partial charge in [0.25, 0.3) is 0 Å². The largest absolute Gasteiger partial charge is 0.480 e. The fraction of sp³-hybridized carbons (Fsp3) is 0.588. The monoisotopic (exact) mass is 368 g/mol. The van der Waals surface area contributed by atoms with Crippen molar-refractivity contribution < 1.29 is 19.9 Å². The van der Waals surface area contributed by atoms with Crippen molar-refractivity contribution >= 4 is 24.7 Å². The molecule has 8 heteroatoms. The van der Waals surface area contributed by atoms with E-state index in [2.05, 4.69) is 5.32 Å². The van der Waals surface area contributed by atoms with Crippen LogP contribution in [0, 0.1) is 5.92 Å². The van der Waals surface area contributed by atoms with Crippen molar-refractivity contribution in [3.05, 3.63) is 34.9 Å². The molecule has 1 aliphatic carbocycles. The van der Waals surface area contributed by atoms with Crippen LogP contribution in [0.1, 0.15) is 37.7 Å². The van der Waals surface area contributed by atoms with Crippen LogP contribution in [0.25, 0.3) is 0 Å².